The fourth-order valence-corrected chi connectivity index (χ4v) is 2.05. The van der Waals surface area contributed by atoms with Crippen LogP contribution in [0.15, 0.2) is 24.3 Å². The van der Waals surface area contributed by atoms with Gasteiger partial charge in [-0.2, -0.15) is 13.2 Å². The zero-order valence-corrected chi connectivity index (χ0v) is 10.6. The Morgan fingerprint density at radius 3 is 2.65 bits per heavy atom. The Hall–Kier alpha value is -1.76. The summed E-state index contributed by atoms with van der Waals surface area (Å²) in [6.45, 7) is 0.405. The van der Waals surface area contributed by atoms with Crippen LogP contribution in [-0.4, -0.2) is 23.8 Å². The Morgan fingerprint density at radius 1 is 1.35 bits per heavy atom. The maximum Gasteiger partial charge on any atom is 0.416 e. The van der Waals surface area contributed by atoms with E-state index in [0.717, 1.165) is 12.1 Å². The summed E-state index contributed by atoms with van der Waals surface area (Å²) < 4.78 is 37.5. The van der Waals surface area contributed by atoms with Gasteiger partial charge in [0.05, 0.1) is 11.7 Å². The first-order valence-corrected chi connectivity index (χ1v) is 6.25. The van der Waals surface area contributed by atoms with Gasteiger partial charge < -0.3 is 15.7 Å². The third kappa shape index (κ3) is 3.86. The van der Waals surface area contributed by atoms with Gasteiger partial charge in [0.2, 0.25) is 0 Å². The molecular formula is C13H15F3N2O2. The summed E-state index contributed by atoms with van der Waals surface area (Å²) >= 11 is 0. The summed E-state index contributed by atoms with van der Waals surface area (Å²) in [6, 6.07) is 3.90. The van der Waals surface area contributed by atoms with Crippen molar-refractivity contribution in [2.75, 3.05) is 11.9 Å². The molecule has 20 heavy (non-hydrogen) atoms. The zero-order valence-electron chi connectivity index (χ0n) is 10.6. The van der Waals surface area contributed by atoms with E-state index in [4.69, 9.17) is 5.11 Å². The van der Waals surface area contributed by atoms with Gasteiger partial charge in [-0.05, 0) is 37.0 Å². The average molecular weight is 288 g/mol. The van der Waals surface area contributed by atoms with Crippen LogP contribution in [0.5, 0.6) is 0 Å². The third-order valence-corrected chi connectivity index (χ3v) is 3.21. The van der Waals surface area contributed by atoms with Crippen LogP contribution < -0.4 is 10.6 Å². The van der Waals surface area contributed by atoms with E-state index in [1.54, 1.807) is 0 Å². The number of alkyl halides is 3. The Balaban J connectivity index is 1.84. The lowest BCUT2D eigenvalue weighted by atomic mass is 9.82. The topological polar surface area (TPSA) is 61.4 Å². The van der Waals surface area contributed by atoms with Crippen LogP contribution in [0.3, 0.4) is 0 Å². The van der Waals surface area contributed by atoms with Gasteiger partial charge in [0, 0.05) is 12.2 Å². The van der Waals surface area contributed by atoms with Gasteiger partial charge in [-0.15, -0.1) is 0 Å². The number of rotatable bonds is 3. The van der Waals surface area contributed by atoms with Gasteiger partial charge in [-0.25, -0.2) is 4.79 Å². The van der Waals surface area contributed by atoms with E-state index >= 15 is 0 Å². The predicted molar refractivity (Wildman–Crippen MR) is 67.2 cm³/mol. The van der Waals surface area contributed by atoms with Gasteiger partial charge in [0.25, 0.3) is 0 Å². The zero-order chi connectivity index (χ0) is 14.8. The smallest absolute Gasteiger partial charge is 0.393 e. The SMILES string of the molecule is O=C(NCC1CC(O)C1)Nc1cccc(C(F)(F)F)c1. The van der Waals surface area contributed by atoms with Crippen molar-refractivity contribution < 1.29 is 23.1 Å². The molecule has 0 heterocycles. The van der Waals surface area contributed by atoms with Gasteiger partial charge in [-0.3, -0.25) is 0 Å². The number of aliphatic hydroxyl groups is 1. The lowest BCUT2D eigenvalue weighted by Gasteiger charge is -2.31. The summed E-state index contributed by atoms with van der Waals surface area (Å²) in [6.07, 6.45) is -3.45. The molecule has 0 aromatic heterocycles. The molecule has 0 aliphatic heterocycles. The second-order valence-corrected chi connectivity index (χ2v) is 4.90. The lowest BCUT2D eigenvalue weighted by Crippen LogP contribution is -2.40. The summed E-state index contributed by atoms with van der Waals surface area (Å²) in [5.41, 5.74) is -0.719. The van der Waals surface area contributed by atoms with Crippen molar-refractivity contribution in [2.45, 2.75) is 25.1 Å². The number of hydrogen-bond donors (Lipinski definition) is 3. The average Bonchev–Trinajstić information content (AvgIpc) is 2.32. The summed E-state index contributed by atoms with van der Waals surface area (Å²) in [5.74, 6) is 0.234. The second-order valence-electron chi connectivity index (χ2n) is 4.90. The number of benzene rings is 1. The van der Waals surface area contributed by atoms with Gasteiger partial charge >= 0.3 is 12.2 Å². The molecule has 1 aliphatic rings. The molecule has 1 aromatic rings. The lowest BCUT2D eigenvalue weighted by molar-refractivity contribution is -0.137. The van der Waals surface area contributed by atoms with Crippen molar-refractivity contribution in [2.24, 2.45) is 5.92 Å². The van der Waals surface area contributed by atoms with E-state index in [1.165, 1.54) is 12.1 Å². The van der Waals surface area contributed by atoms with Gasteiger partial charge in [-0.1, -0.05) is 6.07 Å². The highest BCUT2D eigenvalue weighted by molar-refractivity contribution is 5.89. The van der Waals surface area contributed by atoms with E-state index in [1.807, 2.05) is 0 Å². The van der Waals surface area contributed by atoms with Crippen molar-refractivity contribution >= 4 is 11.7 Å². The second kappa shape index (κ2) is 5.70. The Bertz CT molecular complexity index is 485. The molecule has 3 N–H and O–H groups in total. The number of halogens is 3. The quantitative estimate of drug-likeness (QED) is 0.800. The Labute approximate surface area is 114 Å². The molecule has 0 atom stereocenters. The molecule has 0 saturated heterocycles. The van der Waals surface area contributed by atoms with Crippen molar-refractivity contribution in [1.82, 2.24) is 5.32 Å². The molecule has 2 rings (SSSR count). The molecule has 1 saturated carbocycles. The summed E-state index contributed by atoms with van der Waals surface area (Å²) in [4.78, 5) is 11.5. The summed E-state index contributed by atoms with van der Waals surface area (Å²) in [5, 5.41) is 14.0. The van der Waals surface area contributed by atoms with E-state index < -0.39 is 17.8 Å². The number of urea groups is 1. The Kier molecular flexibility index (Phi) is 4.17. The van der Waals surface area contributed by atoms with E-state index in [2.05, 4.69) is 10.6 Å². The first-order chi connectivity index (χ1) is 9.34. The number of hydrogen-bond acceptors (Lipinski definition) is 2. The fraction of sp³-hybridized carbons (Fsp3) is 0.462. The largest absolute Gasteiger partial charge is 0.416 e. The number of carbonyl (C=O) groups is 1. The van der Waals surface area contributed by atoms with E-state index in [0.29, 0.717) is 19.4 Å². The number of aliphatic hydroxyl groups excluding tert-OH is 1. The molecule has 1 aliphatic carbocycles. The molecule has 0 spiro atoms. The molecule has 2 amide bonds. The minimum Gasteiger partial charge on any atom is -0.393 e. The first-order valence-electron chi connectivity index (χ1n) is 6.25. The van der Waals surface area contributed by atoms with Crippen LogP contribution in [0.25, 0.3) is 0 Å². The third-order valence-electron chi connectivity index (χ3n) is 3.21. The molecule has 0 bridgehead atoms. The first kappa shape index (κ1) is 14.6. The predicted octanol–water partition coefficient (Wildman–Crippen LogP) is 2.60. The Morgan fingerprint density at radius 2 is 2.05 bits per heavy atom. The van der Waals surface area contributed by atoms with Crippen LogP contribution in [0, 0.1) is 5.92 Å². The maximum absolute atomic E-state index is 12.5. The van der Waals surface area contributed by atoms with Gasteiger partial charge in [0.1, 0.15) is 0 Å². The maximum atomic E-state index is 12.5. The van der Waals surface area contributed by atoms with Crippen LogP contribution >= 0.6 is 0 Å². The van der Waals surface area contributed by atoms with Crippen molar-refractivity contribution in [3.05, 3.63) is 29.8 Å². The molecular weight excluding hydrogens is 273 g/mol. The minimum atomic E-state index is -4.43. The van der Waals surface area contributed by atoms with Crippen LogP contribution in [0.1, 0.15) is 18.4 Å². The molecule has 1 aromatic carbocycles. The van der Waals surface area contributed by atoms with Crippen LogP contribution in [0.2, 0.25) is 0 Å². The fourth-order valence-electron chi connectivity index (χ4n) is 2.05. The highest BCUT2D eigenvalue weighted by Crippen LogP contribution is 2.30. The number of amides is 2. The molecule has 7 heteroatoms. The molecule has 1 fully saturated rings. The van der Waals surface area contributed by atoms with Crippen LogP contribution in [-0.2, 0) is 6.18 Å². The standard InChI is InChI=1S/C13H15F3N2O2/c14-13(15,16)9-2-1-3-10(6-9)18-12(20)17-7-8-4-11(19)5-8/h1-3,6,8,11,19H,4-5,7H2,(H2,17,18,20). The van der Waals surface area contributed by atoms with Crippen LogP contribution in [0.4, 0.5) is 23.7 Å². The van der Waals surface area contributed by atoms with Crippen molar-refractivity contribution in [3.63, 3.8) is 0 Å². The summed E-state index contributed by atoms with van der Waals surface area (Å²) in [7, 11) is 0. The molecule has 0 radical (unpaired) electrons. The van der Waals surface area contributed by atoms with Crippen molar-refractivity contribution in [1.29, 1.82) is 0 Å². The van der Waals surface area contributed by atoms with E-state index in [-0.39, 0.29) is 17.7 Å². The van der Waals surface area contributed by atoms with Gasteiger partial charge in [0.15, 0.2) is 0 Å². The number of carbonyl (C=O) groups excluding carboxylic acids is 1. The normalized spacial score (nSPS) is 22.0. The number of nitrogens with one attached hydrogen (secondary N) is 2. The molecule has 4 nitrogen and oxygen atoms in total. The number of anilines is 1. The minimum absolute atomic E-state index is 0.0889. The molecule has 0 unspecified atom stereocenters. The van der Waals surface area contributed by atoms with E-state index in [9.17, 15) is 18.0 Å². The monoisotopic (exact) mass is 288 g/mol. The van der Waals surface area contributed by atoms with Crippen molar-refractivity contribution in [3.8, 4) is 0 Å². The highest BCUT2D eigenvalue weighted by Gasteiger charge is 2.30. The highest BCUT2D eigenvalue weighted by atomic mass is 19.4. The molecule has 110 valence electrons.